The number of hydrogen-bond acceptors (Lipinski definition) is 3. The van der Waals surface area contributed by atoms with Crippen LogP contribution in [0.4, 0.5) is 4.39 Å². The van der Waals surface area contributed by atoms with Crippen molar-refractivity contribution < 1.29 is 4.39 Å². The van der Waals surface area contributed by atoms with Crippen LogP contribution < -0.4 is 5.56 Å². The monoisotopic (exact) mass is 360 g/mol. The Morgan fingerprint density at radius 3 is 2.62 bits per heavy atom. The molecule has 0 aliphatic heterocycles. The van der Waals surface area contributed by atoms with Gasteiger partial charge in [-0.1, -0.05) is 54.2 Å². The van der Waals surface area contributed by atoms with E-state index in [2.05, 4.69) is 11.6 Å². The lowest BCUT2D eigenvalue weighted by molar-refractivity contribution is 0.622. The maximum atomic E-state index is 13.1. The molecule has 0 radical (unpaired) electrons. The molecule has 3 nitrogen and oxygen atoms in total. The smallest absolute Gasteiger partial charge is 0.262 e. The van der Waals surface area contributed by atoms with E-state index >= 15 is 0 Å². The van der Waals surface area contributed by atoms with Crippen molar-refractivity contribution in [2.45, 2.75) is 11.7 Å². The Labute approximate surface area is 147 Å². The first-order valence-electron chi connectivity index (χ1n) is 7.24. The molecule has 0 saturated heterocycles. The fourth-order valence-corrected chi connectivity index (χ4v) is 3.23. The molecule has 0 bridgehead atoms. The number of fused-ring (bicyclic) bond motifs is 1. The number of thioether (sulfide) groups is 1. The van der Waals surface area contributed by atoms with E-state index in [1.165, 1.54) is 23.9 Å². The number of para-hydroxylation sites is 1. The molecule has 0 amide bonds. The molecule has 0 fully saturated rings. The molecular weight excluding hydrogens is 347 g/mol. The van der Waals surface area contributed by atoms with Crippen molar-refractivity contribution in [3.8, 4) is 0 Å². The first-order chi connectivity index (χ1) is 11.5. The van der Waals surface area contributed by atoms with Gasteiger partial charge < -0.3 is 0 Å². The van der Waals surface area contributed by atoms with Crippen LogP contribution in [0.1, 0.15) is 5.56 Å². The summed E-state index contributed by atoms with van der Waals surface area (Å²) in [6.07, 6.45) is 0. The topological polar surface area (TPSA) is 34.9 Å². The van der Waals surface area contributed by atoms with Crippen LogP contribution in [-0.4, -0.2) is 15.3 Å². The first kappa shape index (κ1) is 16.7. The van der Waals surface area contributed by atoms with Gasteiger partial charge in [0.1, 0.15) is 5.82 Å². The van der Waals surface area contributed by atoms with Crippen molar-refractivity contribution in [1.29, 1.82) is 0 Å². The quantitative estimate of drug-likeness (QED) is 0.498. The van der Waals surface area contributed by atoms with Gasteiger partial charge in [0.25, 0.3) is 5.56 Å². The van der Waals surface area contributed by atoms with E-state index in [1.807, 2.05) is 6.07 Å². The Balaban J connectivity index is 2.09. The van der Waals surface area contributed by atoms with Crippen molar-refractivity contribution in [3.63, 3.8) is 0 Å². The Hall–Kier alpha value is -2.11. The second kappa shape index (κ2) is 7.20. The van der Waals surface area contributed by atoms with Crippen molar-refractivity contribution in [3.05, 3.63) is 81.9 Å². The third-order valence-corrected chi connectivity index (χ3v) is 4.79. The van der Waals surface area contributed by atoms with E-state index in [0.717, 1.165) is 5.56 Å². The van der Waals surface area contributed by atoms with E-state index in [0.29, 0.717) is 33.4 Å². The Kier molecular flexibility index (Phi) is 5.02. The van der Waals surface area contributed by atoms with Gasteiger partial charge in [0.05, 0.1) is 17.4 Å². The second-order valence-corrected chi connectivity index (χ2v) is 6.71. The van der Waals surface area contributed by atoms with Crippen LogP contribution in [0.3, 0.4) is 0 Å². The molecule has 2 aromatic carbocycles. The van der Waals surface area contributed by atoms with Gasteiger partial charge in [-0.2, -0.15) is 0 Å². The maximum absolute atomic E-state index is 13.1. The zero-order chi connectivity index (χ0) is 17.1. The standard InChI is InChI=1S/C18H14ClFN2OS/c1-12(19)11-24-18-21-16-5-3-2-4-15(16)17(23)22(18)10-13-6-8-14(20)9-7-13/h2-9H,1,10-11H2. The highest BCUT2D eigenvalue weighted by Gasteiger charge is 2.12. The summed E-state index contributed by atoms with van der Waals surface area (Å²) in [4.78, 5) is 17.4. The van der Waals surface area contributed by atoms with Gasteiger partial charge in [-0.15, -0.1) is 0 Å². The Morgan fingerprint density at radius 2 is 1.92 bits per heavy atom. The highest BCUT2D eigenvalue weighted by atomic mass is 35.5. The van der Waals surface area contributed by atoms with Crippen LogP contribution in [-0.2, 0) is 6.54 Å². The summed E-state index contributed by atoms with van der Waals surface area (Å²) in [6.45, 7) is 3.98. The van der Waals surface area contributed by atoms with Gasteiger partial charge in [0.2, 0.25) is 0 Å². The Bertz CT molecular complexity index is 953. The summed E-state index contributed by atoms with van der Waals surface area (Å²) in [5.41, 5.74) is 1.33. The van der Waals surface area contributed by atoms with Crippen LogP contribution in [0.15, 0.2) is 70.1 Å². The SMILES string of the molecule is C=C(Cl)CSc1nc2ccccc2c(=O)n1Cc1ccc(F)cc1. The average Bonchev–Trinajstić information content (AvgIpc) is 2.57. The van der Waals surface area contributed by atoms with Gasteiger partial charge in [-0.3, -0.25) is 9.36 Å². The maximum Gasteiger partial charge on any atom is 0.262 e. The number of nitrogens with zero attached hydrogens (tertiary/aromatic N) is 2. The van der Waals surface area contributed by atoms with Crippen molar-refractivity contribution in [2.75, 3.05) is 5.75 Å². The molecule has 0 saturated carbocycles. The minimum atomic E-state index is -0.309. The molecule has 3 aromatic rings. The fraction of sp³-hybridized carbons (Fsp3) is 0.111. The lowest BCUT2D eigenvalue weighted by Crippen LogP contribution is -2.24. The summed E-state index contributed by atoms with van der Waals surface area (Å²) in [6, 6.07) is 13.3. The molecular formula is C18H14ClFN2OS. The van der Waals surface area contributed by atoms with Gasteiger partial charge in [0.15, 0.2) is 5.16 Å². The number of hydrogen-bond donors (Lipinski definition) is 0. The normalized spacial score (nSPS) is 10.9. The van der Waals surface area contributed by atoms with Gasteiger partial charge in [-0.25, -0.2) is 9.37 Å². The van der Waals surface area contributed by atoms with Crippen molar-refractivity contribution in [2.24, 2.45) is 0 Å². The lowest BCUT2D eigenvalue weighted by atomic mass is 10.2. The van der Waals surface area contributed by atoms with E-state index in [9.17, 15) is 9.18 Å². The van der Waals surface area contributed by atoms with Crippen LogP contribution >= 0.6 is 23.4 Å². The molecule has 0 N–H and O–H groups in total. The van der Waals surface area contributed by atoms with Crippen molar-refractivity contribution in [1.82, 2.24) is 9.55 Å². The molecule has 1 aromatic heterocycles. The zero-order valence-electron chi connectivity index (χ0n) is 12.7. The molecule has 24 heavy (non-hydrogen) atoms. The summed E-state index contributed by atoms with van der Waals surface area (Å²) in [5, 5.41) is 1.59. The van der Waals surface area contributed by atoms with E-state index in [1.54, 1.807) is 34.9 Å². The van der Waals surface area contributed by atoms with Crippen LogP contribution in [0.2, 0.25) is 0 Å². The second-order valence-electron chi connectivity index (χ2n) is 5.24. The number of aromatic nitrogens is 2. The minimum Gasteiger partial charge on any atom is -0.283 e. The molecule has 0 unspecified atom stereocenters. The first-order valence-corrected chi connectivity index (χ1v) is 8.61. The Morgan fingerprint density at radius 1 is 1.21 bits per heavy atom. The number of rotatable bonds is 5. The molecule has 0 spiro atoms. The molecule has 0 aliphatic carbocycles. The highest BCUT2D eigenvalue weighted by molar-refractivity contribution is 7.99. The van der Waals surface area contributed by atoms with Crippen molar-refractivity contribution >= 4 is 34.3 Å². The minimum absolute atomic E-state index is 0.132. The molecule has 122 valence electrons. The third kappa shape index (κ3) is 3.68. The summed E-state index contributed by atoms with van der Waals surface area (Å²) in [5.74, 6) is 0.145. The van der Waals surface area contributed by atoms with Crippen LogP contribution in [0.25, 0.3) is 10.9 Å². The third-order valence-electron chi connectivity index (χ3n) is 3.44. The largest absolute Gasteiger partial charge is 0.283 e. The van der Waals surface area contributed by atoms with E-state index in [4.69, 9.17) is 11.6 Å². The van der Waals surface area contributed by atoms with Gasteiger partial charge >= 0.3 is 0 Å². The number of benzene rings is 2. The van der Waals surface area contributed by atoms with Crippen LogP contribution in [0.5, 0.6) is 0 Å². The lowest BCUT2D eigenvalue weighted by Gasteiger charge is -2.13. The predicted molar refractivity (Wildman–Crippen MR) is 97.2 cm³/mol. The van der Waals surface area contributed by atoms with E-state index < -0.39 is 0 Å². The fourth-order valence-electron chi connectivity index (χ4n) is 2.31. The van der Waals surface area contributed by atoms with Crippen LogP contribution in [0, 0.1) is 5.82 Å². The summed E-state index contributed by atoms with van der Waals surface area (Å²) >= 11 is 7.20. The average molecular weight is 361 g/mol. The molecule has 0 atom stereocenters. The van der Waals surface area contributed by atoms with Gasteiger partial charge in [0, 0.05) is 10.8 Å². The predicted octanol–water partition coefficient (Wildman–Crippen LogP) is 4.43. The zero-order valence-corrected chi connectivity index (χ0v) is 14.3. The molecule has 1 heterocycles. The van der Waals surface area contributed by atoms with Gasteiger partial charge in [-0.05, 0) is 29.8 Å². The molecule has 0 aliphatic rings. The number of halogens is 2. The highest BCUT2D eigenvalue weighted by Crippen LogP contribution is 2.21. The summed E-state index contributed by atoms with van der Waals surface area (Å²) < 4.78 is 14.7. The molecule has 6 heteroatoms. The van der Waals surface area contributed by atoms with E-state index in [-0.39, 0.29) is 11.4 Å². The molecule has 3 rings (SSSR count). The summed E-state index contributed by atoms with van der Waals surface area (Å²) in [7, 11) is 0.